The number of fused-ring (bicyclic) bond motifs is 18. The molecule has 23 heteroatoms. The van der Waals surface area contributed by atoms with Crippen molar-refractivity contribution in [2.45, 2.75) is 138 Å². The van der Waals surface area contributed by atoms with Crippen molar-refractivity contribution in [3.05, 3.63) is 90.0 Å². The van der Waals surface area contributed by atoms with Crippen LogP contribution in [0.15, 0.2) is 12.1 Å². The molecular weight excluding hydrogens is 1520 g/mol. The number of benzene rings is 4. The van der Waals surface area contributed by atoms with Crippen LogP contribution < -0.4 is 24.7 Å². The van der Waals surface area contributed by atoms with Gasteiger partial charge in [-0.25, -0.2) is 0 Å². The first kappa shape index (κ1) is 60.3. The molecule has 10 aliphatic rings. The van der Waals surface area contributed by atoms with E-state index in [1.807, 2.05) is 55.6 Å². The Bertz CT molecular complexity index is 3250. The van der Waals surface area contributed by atoms with Gasteiger partial charge in [0.25, 0.3) is 0 Å². The van der Waals surface area contributed by atoms with E-state index >= 15 is 0 Å². The standard InChI is InChI=1S/C30H33N3O6S.C29H32N4O6S.2Ac/c1-12-6-16-7-17-18(8-31)33-19-9-37-30(36)13(2)10-40-29(24(33)23(32(17)5)20(16)25(34)14(12)3)22-21(19)28-27(38-11-39-28)15(4)26(22)35;1-11-5-14-6-16-17(7-30)33-18-8-37-29(36)15(31)9-40-28(23(33)22(32(16)4)19(14)24(34)12(11)2)21-20(18)27-26(38-10-39-27)13(3)25(21)35;;/h6,13,17-19,23-24,29,34-35H,7,9-11H2,1-5H3;5,15-18,22-23,28,34-35H,6,8-10,31H2,1-4H3;;/t13?,17-,18-,19-,23+,24?,29+;15?,16-,17-,18-,22+,23?,28+;;/m00../s1. The van der Waals surface area contributed by atoms with Crippen molar-refractivity contribution < 1.29 is 147 Å². The summed E-state index contributed by atoms with van der Waals surface area (Å²) in [4.78, 5) is 34.6. The van der Waals surface area contributed by atoms with Crippen molar-refractivity contribution in [1.29, 1.82) is 10.5 Å². The maximum Gasteiger partial charge on any atom is 0.323 e. The molecule has 6 N–H and O–H groups in total. The van der Waals surface area contributed by atoms with Crippen molar-refractivity contribution in [2.75, 3.05) is 52.4 Å². The third-order valence-electron chi connectivity index (χ3n) is 19.4. The Hall–Kier alpha value is -3.42. The molecule has 0 spiro atoms. The number of rotatable bonds is 0. The van der Waals surface area contributed by atoms with E-state index in [4.69, 9.17) is 34.2 Å². The van der Waals surface area contributed by atoms with Crippen LogP contribution in [0.25, 0.3) is 0 Å². The van der Waals surface area contributed by atoms with Gasteiger partial charge in [-0.15, -0.1) is 11.8 Å². The SMILES string of the molecule is Cc1cc2c(c(O)c1C)[C@@H]1C3[C@@H]4SCC(C)C(=O)OC[C@@H](c5c6c(c(C)c(O)c54)OCO6)N3[C@@H](C#N)[C@H](C2)N1C.Cc1cc2c(c(O)c1C)[C@@H]1C3[C@@H]4SCC(N)C(=O)OC[C@@H](c5c6c(c(C)c(O)c54)OCO6)N3[C@@H](C#N)[C@H](C2)N1C.[Ac].[Ac]. The number of piperazine rings is 2. The molecule has 0 saturated carbocycles. The second kappa shape index (κ2) is 22.4. The van der Waals surface area contributed by atoms with Gasteiger partial charge in [0.05, 0.1) is 52.7 Å². The molecule has 4 aromatic rings. The second-order valence-corrected chi connectivity index (χ2v) is 25.7. The number of hydrogen-bond acceptors (Lipinski definition) is 21. The van der Waals surface area contributed by atoms with Gasteiger partial charge in [-0.2, -0.15) is 22.3 Å². The van der Waals surface area contributed by atoms with Gasteiger partial charge in [-0.05, 0) is 102 Å². The first-order valence-electron chi connectivity index (χ1n) is 27.3. The van der Waals surface area contributed by atoms with Gasteiger partial charge in [0.2, 0.25) is 13.6 Å². The van der Waals surface area contributed by atoms with Gasteiger partial charge < -0.3 is 54.6 Å². The predicted octanol–water partition coefficient (Wildman–Crippen LogP) is 6.59. The average Bonchev–Trinajstić information content (AvgIpc) is 2.11. The molecule has 8 bridgehead atoms. The van der Waals surface area contributed by atoms with Crippen LogP contribution in [-0.4, -0.2) is 147 Å². The predicted molar refractivity (Wildman–Crippen MR) is 294 cm³/mol. The van der Waals surface area contributed by atoms with E-state index < -0.39 is 41.4 Å². The zero-order chi connectivity index (χ0) is 56.4. The molecule has 0 aliphatic carbocycles. The number of ether oxygens (including phenoxy) is 6. The number of likely N-dealkylation sites (N-methyl/N-ethyl adjacent to an activating group) is 2. The van der Waals surface area contributed by atoms with Crippen molar-refractivity contribution in [3.63, 3.8) is 0 Å². The van der Waals surface area contributed by atoms with Crippen LogP contribution in [0.2, 0.25) is 0 Å². The van der Waals surface area contributed by atoms with Crippen LogP contribution in [0.4, 0.5) is 0 Å². The third-order valence-corrected chi connectivity index (χ3v) is 22.4. The number of aryl methyl sites for hydroxylation is 2. The normalized spacial score (nSPS) is 31.7. The van der Waals surface area contributed by atoms with Crippen molar-refractivity contribution in [1.82, 2.24) is 19.6 Å². The number of phenolic OH excluding ortho intramolecular Hbond substituents is 4. The minimum Gasteiger partial charge on any atom is -0.507 e. The molecule has 4 fully saturated rings. The number of thioether (sulfide) groups is 2. The number of esters is 2. The fourth-order valence-corrected chi connectivity index (χ4v) is 18.2. The van der Waals surface area contributed by atoms with Gasteiger partial charge in [0.15, 0.2) is 23.0 Å². The molecule has 4 aromatic carbocycles. The Labute approximate surface area is 556 Å². The summed E-state index contributed by atoms with van der Waals surface area (Å²) < 4.78 is 35.3. The summed E-state index contributed by atoms with van der Waals surface area (Å²) in [6.07, 6.45) is 1.21. The Morgan fingerprint density at radius 1 is 0.561 bits per heavy atom. The third kappa shape index (κ3) is 8.67. The Kier molecular flexibility index (Phi) is 16.5. The Balaban J connectivity index is 0.000000168. The minimum atomic E-state index is -0.837. The maximum absolute atomic E-state index is 12.9. The number of aromatic hydroxyl groups is 4. The van der Waals surface area contributed by atoms with Crippen LogP contribution in [0.3, 0.4) is 0 Å². The fraction of sp³-hybridized carbons (Fsp3) is 0.525. The molecule has 10 aliphatic heterocycles. The summed E-state index contributed by atoms with van der Waals surface area (Å²) in [5.41, 5.74) is 17.9. The van der Waals surface area contributed by atoms with Crippen molar-refractivity contribution >= 4 is 35.5 Å². The molecule has 4 saturated heterocycles. The smallest absolute Gasteiger partial charge is 0.323 e. The van der Waals surface area contributed by atoms with Crippen LogP contribution >= 0.6 is 23.5 Å². The molecule has 2 radical (unpaired) electrons. The van der Waals surface area contributed by atoms with Gasteiger partial charge >= 0.3 is 11.9 Å². The topological polar surface area (TPSA) is 257 Å². The molecular formula is C59H65Ac2N7O12S2. The van der Waals surface area contributed by atoms with Gasteiger partial charge in [-0.3, -0.25) is 29.2 Å². The van der Waals surface area contributed by atoms with Crippen LogP contribution in [0.5, 0.6) is 46.0 Å². The van der Waals surface area contributed by atoms with Crippen LogP contribution in [-0.2, 0) is 31.9 Å². The summed E-state index contributed by atoms with van der Waals surface area (Å²) in [7, 11) is 4.06. The molecule has 82 heavy (non-hydrogen) atoms. The number of nitriles is 2. The molecule has 0 amide bonds. The van der Waals surface area contributed by atoms with Crippen LogP contribution in [0.1, 0.15) is 119 Å². The average molecular weight is 1580 g/mol. The molecule has 10 heterocycles. The quantitative estimate of drug-likeness (QED) is 0.116. The van der Waals surface area contributed by atoms with E-state index in [2.05, 4.69) is 43.9 Å². The molecule has 426 valence electrons. The Morgan fingerprint density at radius 3 is 1.38 bits per heavy atom. The molecule has 14 rings (SSSR count). The van der Waals surface area contributed by atoms with E-state index in [0.717, 1.165) is 55.6 Å². The second-order valence-electron chi connectivity index (χ2n) is 23.3. The minimum absolute atomic E-state index is 0. The summed E-state index contributed by atoms with van der Waals surface area (Å²) >= 11 is 3.07. The molecule has 4 unspecified atom stereocenters. The summed E-state index contributed by atoms with van der Waals surface area (Å²) in [6, 6.07) is 4.95. The Morgan fingerprint density at radius 2 is 0.951 bits per heavy atom. The van der Waals surface area contributed by atoms with Gasteiger partial charge in [-0.1, -0.05) is 19.1 Å². The van der Waals surface area contributed by atoms with Gasteiger partial charge in [0.1, 0.15) is 54.3 Å². The monoisotopic (exact) mass is 1580 g/mol. The summed E-state index contributed by atoms with van der Waals surface area (Å²) in [6.45, 7) is 13.4. The van der Waals surface area contributed by atoms with E-state index in [0.29, 0.717) is 69.6 Å². The van der Waals surface area contributed by atoms with E-state index in [9.17, 15) is 40.5 Å². The number of carbonyl (C=O) groups excluding carboxylic acids is 2. The number of hydrogen-bond donors (Lipinski definition) is 5. The fourth-order valence-electron chi connectivity index (χ4n) is 15.2. The number of phenols is 4. The van der Waals surface area contributed by atoms with E-state index in [1.165, 1.54) is 11.8 Å². The summed E-state index contributed by atoms with van der Waals surface area (Å²) in [5, 5.41) is 67.4. The number of nitrogens with two attached hydrogens (primary N) is 1. The van der Waals surface area contributed by atoms with Gasteiger partial charge in [0, 0.05) is 168 Å². The van der Waals surface area contributed by atoms with Crippen molar-refractivity contribution in [3.8, 4) is 58.1 Å². The zero-order valence-corrected chi connectivity index (χ0v) is 58.3. The maximum atomic E-state index is 12.9. The first-order chi connectivity index (χ1) is 38.3. The largest absolute Gasteiger partial charge is 0.507 e. The number of carbonyl (C=O) groups is 2. The summed E-state index contributed by atoms with van der Waals surface area (Å²) in [5.74, 6) is 2.50. The molecule has 19 nitrogen and oxygen atoms in total. The van der Waals surface area contributed by atoms with Crippen molar-refractivity contribution in [2.24, 2.45) is 11.7 Å². The number of cyclic esters (lactones) is 2. The first-order valence-corrected chi connectivity index (χ1v) is 29.4. The molecule has 14 atom stereocenters. The number of nitrogens with zero attached hydrogens (tertiary/aromatic N) is 6. The molecule has 0 aromatic heterocycles. The van der Waals surface area contributed by atoms with E-state index in [1.54, 1.807) is 18.7 Å². The zero-order valence-electron chi connectivity index (χ0n) is 47.2. The van der Waals surface area contributed by atoms with E-state index in [-0.39, 0.29) is 191 Å². The van der Waals surface area contributed by atoms with Crippen LogP contribution in [0, 0.1) is 158 Å².